The van der Waals surface area contributed by atoms with Crippen molar-refractivity contribution in [3.05, 3.63) is 35.9 Å². The molecule has 3 nitrogen and oxygen atoms in total. The highest BCUT2D eigenvalue weighted by Gasteiger charge is 2.08. The van der Waals surface area contributed by atoms with Crippen LogP contribution in [0.15, 0.2) is 30.3 Å². The van der Waals surface area contributed by atoms with Gasteiger partial charge in [0.05, 0.1) is 12.5 Å². The van der Waals surface area contributed by atoms with Gasteiger partial charge in [-0.1, -0.05) is 30.3 Å². The molecule has 0 saturated carbocycles. The summed E-state index contributed by atoms with van der Waals surface area (Å²) >= 11 is 5.28. The van der Waals surface area contributed by atoms with Crippen molar-refractivity contribution in [1.29, 1.82) is 0 Å². The molecule has 1 aromatic carbocycles. The number of carbonyl (C=O) groups excluding carboxylic acids is 2. The number of hydrogen-bond donors (Lipinski definition) is 0. The fourth-order valence-electron chi connectivity index (χ4n) is 1.37. The maximum Gasteiger partial charge on any atom is 0.313 e. The number of Topliss-reactive ketones (excluding diaryl/α,β-unsaturated/α-hetero) is 1. The number of esters is 1. The maximum atomic E-state index is 11.1. The van der Waals surface area contributed by atoms with Crippen molar-refractivity contribution in [3.8, 4) is 0 Å². The molecule has 1 aromatic rings. The highest BCUT2D eigenvalue weighted by molar-refractivity contribution is 6.28. The van der Waals surface area contributed by atoms with Gasteiger partial charge in [0.2, 0.25) is 0 Å². The van der Waals surface area contributed by atoms with Crippen molar-refractivity contribution in [1.82, 2.24) is 0 Å². The van der Waals surface area contributed by atoms with Crippen LogP contribution in [0.4, 0.5) is 0 Å². The first-order chi connectivity index (χ1) is 8.22. The van der Waals surface area contributed by atoms with Crippen LogP contribution in [0.5, 0.6) is 0 Å². The van der Waals surface area contributed by atoms with Gasteiger partial charge in [-0.3, -0.25) is 9.59 Å². The second-order valence-corrected chi connectivity index (χ2v) is 3.93. The Morgan fingerprint density at radius 2 is 1.88 bits per heavy atom. The fourth-order valence-corrected chi connectivity index (χ4v) is 1.46. The van der Waals surface area contributed by atoms with Gasteiger partial charge in [-0.05, 0) is 18.4 Å². The van der Waals surface area contributed by atoms with Crippen LogP contribution in [-0.2, 0) is 20.7 Å². The normalized spacial score (nSPS) is 9.94. The van der Waals surface area contributed by atoms with Gasteiger partial charge in [-0.2, -0.15) is 0 Å². The molecule has 0 amide bonds. The van der Waals surface area contributed by atoms with E-state index in [9.17, 15) is 9.59 Å². The van der Waals surface area contributed by atoms with Crippen molar-refractivity contribution in [3.63, 3.8) is 0 Å². The van der Waals surface area contributed by atoms with Crippen molar-refractivity contribution in [2.75, 3.05) is 12.5 Å². The van der Waals surface area contributed by atoms with E-state index in [0.717, 1.165) is 12.8 Å². The number of ketones is 1. The van der Waals surface area contributed by atoms with Crippen molar-refractivity contribution in [2.45, 2.75) is 19.3 Å². The molecule has 0 aromatic heterocycles. The average molecular weight is 255 g/mol. The number of alkyl halides is 1. The van der Waals surface area contributed by atoms with E-state index in [0.29, 0.717) is 6.61 Å². The first kappa shape index (κ1) is 13.7. The predicted molar refractivity (Wildman–Crippen MR) is 66.1 cm³/mol. The largest absolute Gasteiger partial charge is 0.465 e. The van der Waals surface area contributed by atoms with Crippen LogP contribution < -0.4 is 0 Å². The summed E-state index contributed by atoms with van der Waals surface area (Å²) in [7, 11) is 0. The Morgan fingerprint density at radius 1 is 1.18 bits per heavy atom. The molecule has 0 aliphatic heterocycles. The van der Waals surface area contributed by atoms with E-state index in [1.165, 1.54) is 5.56 Å². The average Bonchev–Trinajstić information content (AvgIpc) is 2.36. The highest BCUT2D eigenvalue weighted by Crippen LogP contribution is 2.02. The van der Waals surface area contributed by atoms with Crippen LogP contribution in [0.3, 0.4) is 0 Å². The number of hydrogen-bond acceptors (Lipinski definition) is 3. The van der Waals surface area contributed by atoms with Crippen LogP contribution in [0.1, 0.15) is 18.4 Å². The third-order valence-corrected chi connectivity index (χ3v) is 2.50. The van der Waals surface area contributed by atoms with Gasteiger partial charge in [0.25, 0.3) is 0 Å². The van der Waals surface area contributed by atoms with Crippen molar-refractivity contribution >= 4 is 23.4 Å². The van der Waals surface area contributed by atoms with Gasteiger partial charge in [0.1, 0.15) is 6.42 Å². The molecule has 0 bridgehead atoms. The van der Waals surface area contributed by atoms with Gasteiger partial charge in [-0.15, -0.1) is 11.6 Å². The molecule has 1 rings (SSSR count). The number of benzene rings is 1. The summed E-state index contributed by atoms with van der Waals surface area (Å²) in [6, 6.07) is 9.96. The minimum Gasteiger partial charge on any atom is -0.465 e. The first-order valence-electron chi connectivity index (χ1n) is 5.49. The Labute approximate surface area is 106 Å². The second-order valence-electron chi connectivity index (χ2n) is 3.66. The number of aryl methyl sites for hydroxylation is 1. The minimum absolute atomic E-state index is 0.140. The predicted octanol–water partition coefficient (Wildman–Crippen LogP) is 2.36. The molecule has 0 atom stereocenters. The minimum atomic E-state index is -0.497. The number of carbonyl (C=O) groups is 2. The Kier molecular flexibility index (Phi) is 6.33. The second kappa shape index (κ2) is 7.85. The van der Waals surface area contributed by atoms with Gasteiger partial charge in [-0.25, -0.2) is 0 Å². The van der Waals surface area contributed by atoms with Crippen LogP contribution in [-0.4, -0.2) is 24.2 Å². The summed E-state index contributed by atoms with van der Waals surface area (Å²) in [4.78, 5) is 22.0. The summed E-state index contributed by atoms with van der Waals surface area (Å²) in [5.74, 6) is -0.942. The van der Waals surface area contributed by atoms with E-state index in [2.05, 4.69) is 0 Å². The molecular weight excluding hydrogens is 240 g/mol. The molecule has 0 heterocycles. The Morgan fingerprint density at radius 3 is 2.53 bits per heavy atom. The van der Waals surface area contributed by atoms with E-state index in [-0.39, 0.29) is 18.1 Å². The molecule has 0 spiro atoms. The van der Waals surface area contributed by atoms with Crippen LogP contribution in [0, 0.1) is 0 Å². The summed E-state index contributed by atoms with van der Waals surface area (Å²) in [5.41, 5.74) is 1.21. The van der Waals surface area contributed by atoms with Crippen molar-refractivity contribution in [2.24, 2.45) is 0 Å². The monoisotopic (exact) mass is 254 g/mol. The molecule has 0 aliphatic carbocycles. The van der Waals surface area contributed by atoms with E-state index >= 15 is 0 Å². The number of halogens is 1. The molecule has 0 N–H and O–H groups in total. The van der Waals surface area contributed by atoms with Gasteiger partial charge in [0.15, 0.2) is 5.78 Å². The lowest BCUT2D eigenvalue weighted by molar-refractivity contribution is -0.145. The lowest BCUT2D eigenvalue weighted by Gasteiger charge is -2.04. The quantitative estimate of drug-likeness (QED) is 0.325. The topological polar surface area (TPSA) is 43.4 Å². The summed E-state index contributed by atoms with van der Waals surface area (Å²) in [6.07, 6.45) is 1.39. The standard InChI is InChI=1S/C13H15ClO3/c14-10-12(15)9-13(16)17-8-4-7-11-5-2-1-3-6-11/h1-3,5-6H,4,7-10H2. The lowest BCUT2D eigenvalue weighted by Crippen LogP contribution is -2.13. The third kappa shape index (κ3) is 6.07. The van der Waals surface area contributed by atoms with E-state index in [4.69, 9.17) is 16.3 Å². The number of ether oxygens (including phenoxy) is 1. The Hall–Kier alpha value is -1.35. The highest BCUT2D eigenvalue weighted by atomic mass is 35.5. The lowest BCUT2D eigenvalue weighted by atomic mass is 10.1. The Balaban J connectivity index is 2.12. The molecule has 0 saturated heterocycles. The fraction of sp³-hybridized carbons (Fsp3) is 0.385. The first-order valence-corrected chi connectivity index (χ1v) is 6.03. The molecular formula is C13H15ClO3. The van der Waals surface area contributed by atoms with E-state index < -0.39 is 5.97 Å². The molecule has 4 heteroatoms. The molecule has 0 radical (unpaired) electrons. The molecule has 0 unspecified atom stereocenters. The molecule has 92 valence electrons. The third-order valence-electron chi connectivity index (χ3n) is 2.21. The zero-order valence-electron chi connectivity index (χ0n) is 9.52. The van der Waals surface area contributed by atoms with E-state index in [1.54, 1.807) is 0 Å². The molecule has 0 aliphatic rings. The zero-order valence-corrected chi connectivity index (χ0v) is 10.3. The summed E-state index contributed by atoms with van der Waals surface area (Å²) in [5, 5.41) is 0. The summed E-state index contributed by atoms with van der Waals surface area (Å²) in [6.45, 7) is 0.337. The smallest absolute Gasteiger partial charge is 0.313 e. The molecule has 17 heavy (non-hydrogen) atoms. The van der Waals surface area contributed by atoms with Crippen LogP contribution >= 0.6 is 11.6 Å². The van der Waals surface area contributed by atoms with Gasteiger partial charge in [0, 0.05) is 0 Å². The Bertz CT molecular complexity index is 362. The van der Waals surface area contributed by atoms with Crippen molar-refractivity contribution < 1.29 is 14.3 Å². The number of rotatable bonds is 7. The van der Waals surface area contributed by atoms with Crippen LogP contribution in [0.2, 0.25) is 0 Å². The molecule has 0 fully saturated rings. The van der Waals surface area contributed by atoms with Gasteiger partial charge >= 0.3 is 5.97 Å². The summed E-state index contributed by atoms with van der Waals surface area (Å²) < 4.78 is 4.92. The zero-order chi connectivity index (χ0) is 12.5. The maximum absolute atomic E-state index is 11.1. The van der Waals surface area contributed by atoms with Gasteiger partial charge < -0.3 is 4.74 Å². The van der Waals surface area contributed by atoms with E-state index in [1.807, 2.05) is 30.3 Å². The van der Waals surface area contributed by atoms with Crippen LogP contribution in [0.25, 0.3) is 0 Å². The SMILES string of the molecule is O=C(CCl)CC(=O)OCCCc1ccccc1.